The minimum Gasteiger partial charge on any atom is -0.497 e. The summed E-state index contributed by atoms with van der Waals surface area (Å²) >= 11 is 1.72. The first-order chi connectivity index (χ1) is 19.6. The van der Waals surface area contributed by atoms with Crippen LogP contribution in [-0.2, 0) is 12.3 Å². The van der Waals surface area contributed by atoms with Crippen molar-refractivity contribution in [2.75, 3.05) is 14.2 Å². The number of methoxy groups -OCH3 is 2. The lowest BCUT2D eigenvalue weighted by Crippen LogP contribution is -2.06. The minimum absolute atomic E-state index is 0.720. The highest BCUT2D eigenvalue weighted by Gasteiger charge is 2.17. The molecule has 40 heavy (non-hydrogen) atoms. The highest BCUT2D eigenvalue weighted by Crippen LogP contribution is 2.38. The van der Waals surface area contributed by atoms with Gasteiger partial charge in [-0.2, -0.15) is 0 Å². The van der Waals surface area contributed by atoms with Gasteiger partial charge in [-0.3, -0.25) is 3.97 Å². The second-order valence-corrected chi connectivity index (χ2v) is 10.5. The predicted molar refractivity (Wildman–Crippen MR) is 163 cm³/mol. The summed E-state index contributed by atoms with van der Waals surface area (Å²) in [5, 5.41) is 0. The average Bonchev–Trinajstić information content (AvgIpc) is 3.64. The van der Waals surface area contributed by atoms with Gasteiger partial charge in [0, 0.05) is 24.7 Å². The minimum atomic E-state index is 0.720. The number of imidazole rings is 2. The monoisotopic (exact) mass is 546 g/mol. The fourth-order valence-corrected chi connectivity index (χ4v) is 5.84. The van der Waals surface area contributed by atoms with Crippen LogP contribution in [0.3, 0.4) is 0 Å². The molecular formula is C33H30N4O2S. The number of para-hydroxylation sites is 2. The van der Waals surface area contributed by atoms with Gasteiger partial charge in [0.05, 0.1) is 25.3 Å². The molecular weight excluding hydrogens is 516 g/mol. The van der Waals surface area contributed by atoms with Crippen LogP contribution in [0, 0.1) is 6.92 Å². The molecule has 0 radical (unpaired) electrons. The first-order valence-corrected chi connectivity index (χ1v) is 14.0. The molecule has 7 heteroatoms. The summed E-state index contributed by atoms with van der Waals surface area (Å²) in [6.45, 7) is 2.80. The third kappa shape index (κ3) is 5.20. The SMILES string of the molecule is COc1ccc(-c2cc(CSn3ccnc3)c(Cn3c(C)nc4ccccc43)cc2-c2ccc(OC)cc2)cc1. The van der Waals surface area contributed by atoms with Crippen LogP contribution in [0.5, 0.6) is 11.5 Å². The number of benzene rings is 4. The molecule has 0 aliphatic rings. The van der Waals surface area contributed by atoms with Crippen molar-refractivity contribution in [2.24, 2.45) is 0 Å². The van der Waals surface area contributed by atoms with Crippen molar-refractivity contribution in [2.45, 2.75) is 19.2 Å². The summed E-state index contributed by atoms with van der Waals surface area (Å²) in [6.07, 6.45) is 5.63. The van der Waals surface area contributed by atoms with Gasteiger partial charge in [0.25, 0.3) is 0 Å². The van der Waals surface area contributed by atoms with Gasteiger partial charge in [-0.25, -0.2) is 9.97 Å². The third-order valence-corrected chi connectivity index (χ3v) is 8.12. The van der Waals surface area contributed by atoms with Gasteiger partial charge in [-0.15, -0.1) is 0 Å². The smallest absolute Gasteiger partial charge is 0.118 e. The Labute approximate surface area is 238 Å². The number of hydrogen-bond donors (Lipinski definition) is 0. The highest BCUT2D eigenvalue weighted by atomic mass is 32.2. The van der Waals surface area contributed by atoms with Crippen molar-refractivity contribution in [1.29, 1.82) is 0 Å². The molecule has 0 unspecified atom stereocenters. The second-order valence-electron chi connectivity index (χ2n) is 9.55. The summed E-state index contributed by atoms with van der Waals surface area (Å²) in [6, 6.07) is 29.6. The first-order valence-electron chi connectivity index (χ1n) is 13.1. The molecule has 200 valence electrons. The fraction of sp³-hybridized carbons (Fsp3) is 0.152. The van der Waals surface area contributed by atoms with Crippen molar-refractivity contribution in [1.82, 2.24) is 18.5 Å². The van der Waals surface area contributed by atoms with Gasteiger partial charge in [-0.05, 0) is 101 Å². The molecule has 0 saturated heterocycles. The molecule has 0 aliphatic carbocycles. The zero-order chi connectivity index (χ0) is 27.5. The summed E-state index contributed by atoms with van der Waals surface area (Å²) in [4.78, 5) is 9.05. The van der Waals surface area contributed by atoms with Crippen LogP contribution in [0.4, 0.5) is 0 Å². The summed E-state index contributed by atoms with van der Waals surface area (Å²) in [5.74, 6) is 3.47. The number of aromatic nitrogens is 4. The van der Waals surface area contributed by atoms with Gasteiger partial charge in [0.15, 0.2) is 0 Å². The average molecular weight is 547 g/mol. The molecule has 0 fully saturated rings. The van der Waals surface area contributed by atoms with Crippen LogP contribution < -0.4 is 9.47 Å². The lowest BCUT2D eigenvalue weighted by atomic mass is 9.90. The summed E-state index contributed by atoms with van der Waals surface area (Å²) in [5.41, 5.74) is 9.27. The summed E-state index contributed by atoms with van der Waals surface area (Å²) in [7, 11) is 3.39. The van der Waals surface area contributed by atoms with E-state index in [9.17, 15) is 0 Å². The number of hydrogen-bond acceptors (Lipinski definition) is 5. The Morgan fingerprint density at radius 2 is 1.40 bits per heavy atom. The lowest BCUT2D eigenvalue weighted by Gasteiger charge is -2.19. The summed E-state index contributed by atoms with van der Waals surface area (Å²) < 4.78 is 15.2. The fourth-order valence-electron chi connectivity index (χ4n) is 5.02. The Balaban J connectivity index is 1.52. The maximum absolute atomic E-state index is 5.45. The molecule has 2 heterocycles. The van der Waals surface area contributed by atoms with Gasteiger partial charge in [0.2, 0.25) is 0 Å². The van der Waals surface area contributed by atoms with E-state index >= 15 is 0 Å². The van der Waals surface area contributed by atoms with Gasteiger partial charge in [-0.1, -0.05) is 36.4 Å². The van der Waals surface area contributed by atoms with Crippen molar-refractivity contribution in [3.05, 3.63) is 121 Å². The predicted octanol–water partition coefficient (Wildman–Crippen LogP) is 7.64. The molecule has 6 rings (SSSR count). The van der Waals surface area contributed by atoms with E-state index < -0.39 is 0 Å². The van der Waals surface area contributed by atoms with Crippen LogP contribution in [0.25, 0.3) is 33.3 Å². The molecule has 0 spiro atoms. The molecule has 0 amide bonds. The number of rotatable bonds is 9. The van der Waals surface area contributed by atoms with E-state index in [1.165, 1.54) is 22.3 Å². The molecule has 6 nitrogen and oxygen atoms in total. The number of aryl methyl sites for hydroxylation is 1. The molecule has 2 aromatic heterocycles. The van der Waals surface area contributed by atoms with Crippen molar-refractivity contribution < 1.29 is 9.47 Å². The van der Waals surface area contributed by atoms with Gasteiger partial charge < -0.3 is 14.0 Å². The largest absolute Gasteiger partial charge is 0.497 e. The van der Waals surface area contributed by atoms with E-state index in [0.29, 0.717) is 0 Å². The Morgan fingerprint density at radius 3 is 2.00 bits per heavy atom. The van der Waals surface area contributed by atoms with E-state index in [2.05, 4.69) is 71.1 Å². The van der Waals surface area contributed by atoms with Crippen molar-refractivity contribution in [3.8, 4) is 33.8 Å². The van der Waals surface area contributed by atoms with Crippen molar-refractivity contribution in [3.63, 3.8) is 0 Å². The number of ether oxygens (including phenoxy) is 2. The van der Waals surface area contributed by atoms with Gasteiger partial charge >= 0.3 is 0 Å². The standard InChI is InChI=1S/C33H30N4O2S/c1-23-35-32-6-4-5-7-33(32)37(23)20-26-18-30(24-8-12-28(38-2)13-9-24)31(25-10-14-29(39-3)15-11-25)19-27(26)21-40-36-17-16-34-22-36/h4-19,22H,20-21H2,1-3H3. The first kappa shape index (κ1) is 25.8. The van der Waals surface area contributed by atoms with Crippen LogP contribution in [0.15, 0.2) is 104 Å². The zero-order valence-electron chi connectivity index (χ0n) is 22.7. The van der Waals surface area contributed by atoms with E-state index in [-0.39, 0.29) is 0 Å². The number of fused-ring (bicyclic) bond motifs is 1. The normalized spacial score (nSPS) is 11.2. The van der Waals surface area contributed by atoms with E-state index in [1.807, 2.05) is 53.0 Å². The van der Waals surface area contributed by atoms with Crippen LogP contribution in [0.1, 0.15) is 17.0 Å². The van der Waals surface area contributed by atoms with Crippen molar-refractivity contribution >= 4 is 23.0 Å². The van der Waals surface area contributed by atoms with Crippen LogP contribution in [-0.4, -0.2) is 32.7 Å². The topological polar surface area (TPSA) is 54.1 Å². The molecule has 0 atom stereocenters. The Bertz CT molecular complexity index is 1740. The molecule has 0 bridgehead atoms. The van der Waals surface area contributed by atoms with Crippen LogP contribution in [0.2, 0.25) is 0 Å². The van der Waals surface area contributed by atoms with Crippen LogP contribution >= 0.6 is 11.9 Å². The van der Waals surface area contributed by atoms with E-state index in [1.54, 1.807) is 26.2 Å². The number of nitrogens with zero attached hydrogens (tertiary/aromatic N) is 4. The third-order valence-electron chi connectivity index (χ3n) is 7.16. The Morgan fingerprint density at radius 1 is 0.775 bits per heavy atom. The van der Waals surface area contributed by atoms with E-state index in [4.69, 9.17) is 14.5 Å². The Kier molecular flexibility index (Phi) is 7.29. The second kappa shape index (κ2) is 11.3. The maximum atomic E-state index is 5.45. The highest BCUT2D eigenvalue weighted by molar-refractivity contribution is 7.97. The maximum Gasteiger partial charge on any atom is 0.118 e. The zero-order valence-corrected chi connectivity index (χ0v) is 23.6. The molecule has 0 saturated carbocycles. The molecule has 0 N–H and O–H groups in total. The Hall–Kier alpha value is -4.49. The molecule has 4 aromatic carbocycles. The molecule has 6 aromatic rings. The van der Waals surface area contributed by atoms with E-state index in [0.717, 1.165) is 51.8 Å². The molecule has 0 aliphatic heterocycles. The quantitative estimate of drug-likeness (QED) is 0.187. The van der Waals surface area contributed by atoms with Gasteiger partial charge in [0.1, 0.15) is 23.7 Å². The lowest BCUT2D eigenvalue weighted by molar-refractivity contribution is 0.414.